The van der Waals surface area contributed by atoms with E-state index in [2.05, 4.69) is 10.6 Å². The highest BCUT2D eigenvalue weighted by molar-refractivity contribution is 7.98. The van der Waals surface area contributed by atoms with Crippen LogP contribution in [-0.4, -0.2) is 40.7 Å². The standard InChI is InChI=1S/C12H22N2O3S/c1-3-9(8-18-2)13-11(17)14-12(5-4-6-12)7-10(15)16/h9H,3-8H2,1-2H3,(H,15,16)(H2,13,14,17). The van der Waals surface area contributed by atoms with Gasteiger partial charge in [0.1, 0.15) is 0 Å². The SMILES string of the molecule is CCC(CSC)NC(=O)NC1(CC(=O)O)CCC1. The molecule has 0 aromatic heterocycles. The number of hydrogen-bond acceptors (Lipinski definition) is 3. The first kappa shape index (κ1) is 15.1. The third-order valence-corrected chi connectivity index (χ3v) is 4.11. The Balaban J connectivity index is 2.44. The summed E-state index contributed by atoms with van der Waals surface area (Å²) in [5.74, 6) is 0.0155. The van der Waals surface area contributed by atoms with E-state index in [4.69, 9.17) is 5.11 Å². The molecule has 1 atom stereocenters. The minimum absolute atomic E-state index is 0.0136. The Bertz CT molecular complexity index is 306. The first-order valence-corrected chi connectivity index (χ1v) is 7.70. The molecule has 104 valence electrons. The van der Waals surface area contributed by atoms with E-state index in [-0.39, 0.29) is 18.5 Å². The van der Waals surface area contributed by atoms with Crippen LogP contribution >= 0.6 is 11.8 Å². The summed E-state index contributed by atoms with van der Waals surface area (Å²) in [5.41, 5.74) is -0.520. The second kappa shape index (κ2) is 6.87. The molecule has 0 aromatic rings. The van der Waals surface area contributed by atoms with E-state index in [0.29, 0.717) is 0 Å². The molecule has 0 spiro atoms. The zero-order chi connectivity index (χ0) is 13.6. The Labute approximate surface area is 112 Å². The van der Waals surface area contributed by atoms with Crippen molar-refractivity contribution in [2.75, 3.05) is 12.0 Å². The van der Waals surface area contributed by atoms with Crippen molar-refractivity contribution >= 4 is 23.8 Å². The molecule has 5 nitrogen and oxygen atoms in total. The van der Waals surface area contributed by atoms with Gasteiger partial charge in [-0.25, -0.2) is 4.79 Å². The van der Waals surface area contributed by atoms with Crippen LogP contribution in [0.25, 0.3) is 0 Å². The van der Waals surface area contributed by atoms with E-state index < -0.39 is 11.5 Å². The van der Waals surface area contributed by atoms with Crippen LogP contribution in [0.2, 0.25) is 0 Å². The number of carboxylic acid groups (broad SMARTS) is 1. The lowest BCUT2D eigenvalue weighted by Crippen LogP contribution is -2.58. The third-order valence-electron chi connectivity index (χ3n) is 3.37. The fourth-order valence-corrected chi connectivity index (χ4v) is 2.89. The maximum Gasteiger partial charge on any atom is 0.315 e. The van der Waals surface area contributed by atoms with Crippen LogP contribution in [0, 0.1) is 0 Å². The van der Waals surface area contributed by atoms with Crippen LogP contribution in [-0.2, 0) is 4.79 Å². The van der Waals surface area contributed by atoms with E-state index in [9.17, 15) is 9.59 Å². The summed E-state index contributed by atoms with van der Waals surface area (Å²) in [6.07, 6.45) is 5.38. The second-order valence-corrected chi connectivity index (χ2v) is 5.77. The Morgan fingerprint density at radius 1 is 1.44 bits per heavy atom. The Hall–Kier alpha value is -0.910. The number of hydrogen-bond donors (Lipinski definition) is 3. The number of carbonyl (C=O) groups is 2. The summed E-state index contributed by atoms with van der Waals surface area (Å²) in [5, 5.41) is 14.6. The maximum atomic E-state index is 11.9. The highest BCUT2D eigenvalue weighted by Crippen LogP contribution is 2.34. The van der Waals surface area contributed by atoms with Crippen molar-refractivity contribution in [1.82, 2.24) is 10.6 Å². The minimum Gasteiger partial charge on any atom is -0.481 e. The molecule has 0 aromatic carbocycles. The number of carbonyl (C=O) groups excluding carboxylic acids is 1. The summed E-state index contributed by atoms with van der Waals surface area (Å²) < 4.78 is 0. The van der Waals surface area contributed by atoms with E-state index in [1.54, 1.807) is 11.8 Å². The van der Waals surface area contributed by atoms with Crippen molar-refractivity contribution in [3.63, 3.8) is 0 Å². The van der Waals surface area contributed by atoms with Gasteiger partial charge < -0.3 is 15.7 Å². The molecular weight excluding hydrogens is 252 g/mol. The molecule has 3 N–H and O–H groups in total. The number of thioether (sulfide) groups is 1. The Kier molecular flexibility index (Phi) is 5.78. The van der Waals surface area contributed by atoms with E-state index in [1.165, 1.54) is 0 Å². The van der Waals surface area contributed by atoms with Crippen molar-refractivity contribution in [3.05, 3.63) is 0 Å². The van der Waals surface area contributed by atoms with Gasteiger partial charge in [-0.05, 0) is 31.9 Å². The molecule has 0 aliphatic heterocycles. The number of nitrogens with one attached hydrogen (secondary N) is 2. The molecule has 0 saturated heterocycles. The number of carboxylic acids is 1. The van der Waals surface area contributed by atoms with Gasteiger partial charge in [-0.3, -0.25) is 4.79 Å². The summed E-state index contributed by atoms with van der Waals surface area (Å²) in [7, 11) is 0. The van der Waals surface area contributed by atoms with Crippen molar-refractivity contribution in [2.24, 2.45) is 0 Å². The van der Waals surface area contributed by atoms with Gasteiger partial charge in [-0.1, -0.05) is 6.92 Å². The van der Waals surface area contributed by atoms with Crippen molar-refractivity contribution in [3.8, 4) is 0 Å². The Morgan fingerprint density at radius 2 is 2.11 bits per heavy atom. The van der Waals surface area contributed by atoms with Gasteiger partial charge in [0.25, 0.3) is 0 Å². The molecule has 1 saturated carbocycles. The van der Waals surface area contributed by atoms with Crippen LogP contribution in [0.1, 0.15) is 39.0 Å². The topological polar surface area (TPSA) is 78.4 Å². The molecule has 1 unspecified atom stereocenters. The van der Waals surface area contributed by atoms with Crippen LogP contribution in [0.3, 0.4) is 0 Å². The van der Waals surface area contributed by atoms with Gasteiger partial charge in [-0.2, -0.15) is 11.8 Å². The van der Waals surface area contributed by atoms with Crippen LogP contribution in [0.5, 0.6) is 0 Å². The van der Waals surface area contributed by atoms with Crippen molar-refractivity contribution in [2.45, 2.75) is 50.6 Å². The van der Waals surface area contributed by atoms with Gasteiger partial charge in [-0.15, -0.1) is 0 Å². The molecule has 1 aliphatic carbocycles. The fraction of sp³-hybridized carbons (Fsp3) is 0.833. The van der Waals surface area contributed by atoms with Crippen molar-refractivity contribution in [1.29, 1.82) is 0 Å². The zero-order valence-corrected chi connectivity index (χ0v) is 11.8. The lowest BCUT2D eigenvalue weighted by molar-refractivity contribution is -0.139. The molecule has 18 heavy (non-hydrogen) atoms. The molecule has 1 fully saturated rings. The van der Waals surface area contributed by atoms with Crippen LogP contribution < -0.4 is 10.6 Å². The summed E-state index contributed by atoms with van der Waals surface area (Å²) >= 11 is 1.69. The van der Waals surface area contributed by atoms with Crippen LogP contribution in [0.4, 0.5) is 4.79 Å². The smallest absolute Gasteiger partial charge is 0.315 e. The largest absolute Gasteiger partial charge is 0.481 e. The lowest BCUT2D eigenvalue weighted by atomic mass is 9.74. The first-order valence-electron chi connectivity index (χ1n) is 6.31. The average molecular weight is 274 g/mol. The number of amides is 2. The highest BCUT2D eigenvalue weighted by atomic mass is 32.2. The Morgan fingerprint density at radius 3 is 2.50 bits per heavy atom. The predicted octanol–water partition coefficient (Wildman–Crippen LogP) is 1.82. The normalized spacial score (nSPS) is 18.6. The molecule has 1 rings (SSSR count). The van der Waals surface area contributed by atoms with E-state index in [1.807, 2.05) is 13.2 Å². The van der Waals surface area contributed by atoms with Crippen LogP contribution in [0.15, 0.2) is 0 Å². The maximum absolute atomic E-state index is 11.9. The van der Waals surface area contributed by atoms with E-state index >= 15 is 0 Å². The quantitative estimate of drug-likeness (QED) is 0.662. The minimum atomic E-state index is -0.855. The predicted molar refractivity (Wildman–Crippen MR) is 73.0 cm³/mol. The van der Waals surface area contributed by atoms with Gasteiger partial charge in [0.2, 0.25) is 0 Å². The van der Waals surface area contributed by atoms with E-state index in [0.717, 1.165) is 31.4 Å². The third kappa shape index (κ3) is 4.40. The molecule has 0 radical (unpaired) electrons. The summed E-state index contributed by atoms with van der Waals surface area (Å²) in [6.45, 7) is 2.03. The highest BCUT2D eigenvalue weighted by Gasteiger charge is 2.40. The summed E-state index contributed by atoms with van der Waals surface area (Å²) in [4.78, 5) is 22.6. The second-order valence-electron chi connectivity index (χ2n) is 4.86. The molecule has 1 aliphatic rings. The van der Waals surface area contributed by atoms with Gasteiger partial charge in [0, 0.05) is 11.8 Å². The van der Waals surface area contributed by atoms with Crippen molar-refractivity contribution < 1.29 is 14.7 Å². The zero-order valence-electron chi connectivity index (χ0n) is 11.0. The number of aliphatic carboxylic acids is 1. The lowest BCUT2D eigenvalue weighted by Gasteiger charge is -2.41. The average Bonchev–Trinajstić information content (AvgIpc) is 2.24. The number of urea groups is 1. The number of rotatable bonds is 7. The molecule has 2 amide bonds. The molecule has 6 heteroatoms. The summed E-state index contributed by atoms with van der Waals surface area (Å²) in [6, 6.07) is -0.0983. The fourth-order valence-electron chi connectivity index (χ4n) is 2.16. The molecular formula is C12H22N2O3S. The molecule has 0 bridgehead atoms. The molecule has 0 heterocycles. The van der Waals surface area contributed by atoms with Gasteiger partial charge in [0.15, 0.2) is 0 Å². The van der Waals surface area contributed by atoms with Gasteiger partial charge in [0.05, 0.1) is 12.0 Å². The monoisotopic (exact) mass is 274 g/mol. The van der Waals surface area contributed by atoms with Gasteiger partial charge >= 0.3 is 12.0 Å². The first-order chi connectivity index (χ1) is 8.51.